The molecule has 0 aliphatic rings. The molecule has 0 radical (unpaired) electrons. The monoisotopic (exact) mass is 584 g/mol. The van der Waals surface area contributed by atoms with E-state index in [4.69, 9.17) is 4.74 Å². The molecule has 7 aromatic rings. The summed E-state index contributed by atoms with van der Waals surface area (Å²) in [5, 5.41) is 0. The van der Waals surface area contributed by atoms with Gasteiger partial charge in [0.05, 0.1) is 0 Å². The molecule has 1 aromatic heterocycles. The minimum atomic E-state index is 0.793. The normalized spacial score (nSPS) is 10.8. The largest absolute Gasteiger partial charge is 0.457 e. The van der Waals surface area contributed by atoms with Crippen LogP contribution in [0.5, 0.6) is 11.5 Å². The van der Waals surface area contributed by atoms with Gasteiger partial charge in [-0.1, -0.05) is 96.7 Å². The predicted molar refractivity (Wildman–Crippen MR) is 181 cm³/mol. The number of rotatable bonds is 8. The quantitative estimate of drug-likeness (QED) is 0.165. The van der Waals surface area contributed by atoms with Gasteiger partial charge >= 0.3 is 0 Å². The lowest BCUT2D eigenvalue weighted by Crippen LogP contribution is -2.36. The van der Waals surface area contributed by atoms with Gasteiger partial charge in [0, 0.05) is 45.2 Å². The van der Waals surface area contributed by atoms with Crippen molar-refractivity contribution < 1.29 is 9.30 Å². The van der Waals surface area contributed by atoms with Crippen LogP contribution in [0.4, 0.5) is 0 Å². The first kappa shape index (κ1) is 27.5. The number of hydrogen-bond acceptors (Lipinski definition) is 2. The van der Waals surface area contributed by atoms with Crippen LogP contribution in [0.25, 0.3) is 39.3 Å². The van der Waals surface area contributed by atoms with E-state index in [0.29, 0.717) is 0 Å². The van der Waals surface area contributed by atoms with Crippen LogP contribution in [0.15, 0.2) is 192 Å². The fourth-order valence-corrected chi connectivity index (χ4v) is 6.15. The molecule has 0 saturated carbocycles. The van der Waals surface area contributed by atoms with Gasteiger partial charge in [0.15, 0.2) is 0 Å². The molecule has 44 heavy (non-hydrogen) atoms. The van der Waals surface area contributed by atoms with Crippen LogP contribution in [0, 0.1) is 0 Å². The molecule has 0 bridgehead atoms. The number of nitrogens with zero attached hydrogens (tertiary/aromatic N) is 1. The fourth-order valence-electron chi connectivity index (χ4n) is 5.31. The van der Waals surface area contributed by atoms with Gasteiger partial charge in [-0.3, -0.25) is 0 Å². The summed E-state index contributed by atoms with van der Waals surface area (Å²) in [4.78, 5) is 2.40. The Hall–Kier alpha value is -5.38. The number of ether oxygens (including phenoxy) is 1. The van der Waals surface area contributed by atoms with Gasteiger partial charge < -0.3 is 4.74 Å². The van der Waals surface area contributed by atoms with Crippen LogP contribution in [-0.4, -0.2) is 0 Å². The summed E-state index contributed by atoms with van der Waals surface area (Å²) >= 11 is 1.74. The summed E-state index contributed by atoms with van der Waals surface area (Å²) in [5.74, 6) is 1.60. The molecule has 0 saturated heterocycles. The van der Waals surface area contributed by atoms with Crippen molar-refractivity contribution in [3.05, 3.63) is 182 Å². The average molecular weight is 585 g/mol. The maximum Gasteiger partial charge on any atom is 0.219 e. The first-order chi connectivity index (χ1) is 21.8. The lowest BCUT2D eigenvalue weighted by molar-refractivity contribution is -0.572. The van der Waals surface area contributed by atoms with E-state index in [1.165, 1.54) is 20.9 Å². The van der Waals surface area contributed by atoms with Gasteiger partial charge in [0.2, 0.25) is 17.1 Å². The number of benzene rings is 6. The molecule has 0 amide bonds. The second kappa shape index (κ2) is 12.9. The van der Waals surface area contributed by atoms with Crippen LogP contribution >= 0.6 is 11.8 Å². The molecule has 0 fully saturated rings. The Morgan fingerprint density at radius 1 is 0.364 bits per heavy atom. The lowest BCUT2D eigenvalue weighted by atomic mass is 9.98. The maximum atomic E-state index is 6.26. The van der Waals surface area contributed by atoms with Gasteiger partial charge in [-0.05, 0) is 83.9 Å². The molecule has 0 unspecified atom stereocenters. The van der Waals surface area contributed by atoms with Crippen molar-refractivity contribution in [2.75, 3.05) is 0 Å². The molecule has 0 aliphatic carbocycles. The highest BCUT2D eigenvalue weighted by Crippen LogP contribution is 2.32. The number of aromatic nitrogens is 1. The fraction of sp³-hybridized carbons (Fsp3) is 0. The van der Waals surface area contributed by atoms with Gasteiger partial charge in [-0.2, -0.15) is 4.57 Å². The zero-order chi connectivity index (χ0) is 29.6. The number of hydrogen-bond donors (Lipinski definition) is 0. The molecule has 0 spiro atoms. The van der Waals surface area contributed by atoms with Crippen LogP contribution in [0.1, 0.15) is 0 Å². The summed E-state index contributed by atoms with van der Waals surface area (Å²) in [6.45, 7) is 0. The van der Waals surface area contributed by atoms with Crippen molar-refractivity contribution >= 4 is 11.8 Å². The van der Waals surface area contributed by atoms with E-state index in [2.05, 4.69) is 156 Å². The van der Waals surface area contributed by atoms with Crippen molar-refractivity contribution in [2.45, 2.75) is 9.79 Å². The second-order valence-electron chi connectivity index (χ2n) is 10.4. The Bertz CT molecular complexity index is 1900. The summed E-state index contributed by atoms with van der Waals surface area (Å²) in [5.41, 5.74) is 7.95. The Balaban J connectivity index is 1.26. The summed E-state index contributed by atoms with van der Waals surface area (Å²) in [6, 6.07) is 63.4. The van der Waals surface area contributed by atoms with E-state index in [0.717, 1.165) is 39.7 Å². The predicted octanol–water partition coefficient (Wildman–Crippen LogP) is 10.9. The highest BCUT2D eigenvalue weighted by atomic mass is 32.2. The molecule has 1 heterocycles. The van der Waals surface area contributed by atoms with E-state index in [1.807, 2.05) is 30.3 Å². The SMILES string of the molecule is c1ccc(Sc2ccc(Oc3ccc(-[n+]4c(-c5ccccc5)cc(-c5ccccc5)cc4-c4ccccc4)cc3)cc2)cc1. The topological polar surface area (TPSA) is 13.1 Å². The third-order valence-electron chi connectivity index (χ3n) is 7.45. The van der Waals surface area contributed by atoms with Crippen LogP contribution in [-0.2, 0) is 0 Å². The molecule has 0 N–H and O–H groups in total. The standard InChI is InChI=1S/C41H30NOS/c1-5-13-31(14-6-1)34-29-40(32-15-7-2-8-16-32)42(41(30-34)33-17-9-3-10-18-33)35-21-23-36(24-22-35)43-37-25-27-39(28-26-37)44-38-19-11-4-12-20-38/h1-30H/q+1. The van der Waals surface area contributed by atoms with E-state index < -0.39 is 0 Å². The zero-order valence-corrected chi connectivity index (χ0v) is 24.9. The van der Waals surface area contributed by atoms with E-state index in [9.17, 15) is 0 Å². The third-order valence-corrected chi connectivity index (χ3v) is 8.46. The smallest absolute Gasteiger partial charge is 0.219 e. The maximum absolute atomic E-state index is 6.26. The summed E-state index contributed by atoms with van der Waals surface area (Å²) in [6.07, 6.45) is 0. The molecule has 7 rings (SSSR count). The third kappa shape index (κ3) is 6.19. The Kier molecular flexibility index (Phi) is 8.03. The molecule has 0 aliphatic heterocycles. The van der Waals surface area contributed by atoms with Gasteiger partial charge in [-0.15, -0.1) is 0 Å². The van der Waals surface area contributed by atoms with Crippen molar-refractivity contribution in [2.24, 2.45) is 0 Å². The minimum absolute atomic E-state index is 0.793. The molecule has 210 valence electrons. The molecule has 6 aromatic carbocycles. The van der Waals surface area contributed by atoms with Gasteiger partial charge in [0.1, 0.15) is 11.5 Å². The molecular formula is C41H30NOS+. The van der Waals surface area contributed by atoms with Gasteiger partial charge in [-0.25, -0.2) is 0 Å². The van der Waals surface area contributed by atoms with Gasteiger partial charge in [0.25, 0.3) is 0 Å². The Morgan fingerprint density at radius 3 is 1.27 bits per heavy atom. The van der Waals surface area contributed by atoms with Crippen molar-refractivity contribution in [3.8, 4) is 50.8 Å². The Labute approximate surface area is 262 Å². The lowest BCUT2D eigenvalue weighted by Gasteiger charge is -2.13. The molecule has 3 heteroatoms. The highest BCUT2D eigenvalue weighted by Gasteiger charge is 2.25. The Morgan fingerprint density at radius 2 is 0.773 bits per heavy atom. The molecule has 0 atom stereocenters. The highest BCUT2D eigenvalue weighted by molar-refractivity contribution is 7.99. The first-order valence-corrected chi connectivity index (χ1v) is 15.5. The molecular weight excluding hydrogens is 555 g/mol. The van der Waals surface area contributed by atoms with Crippen molar-refractivity contribution in [1.29, 1.82) is 0 Å². The van der Waals surface area contributed by atoms with Crippen LogP contribution in [0.3, 0.4) is 0 Å². The van der Waals surface area contributed by atoms with Crippen LogP contribution < -0.4 is 9.30 Å². The second-order valence-corrected chi connectivity index (χ2v) is 11.6. The van der Waals surface area contributed by atoms with E-state index >= 15 is 0 Å². The van der Waals surface area contributed by atoms with Crippen LogP contribution in [0.2, 0.25) is 0 Å². The first-order valence-electron chi connectivity index (χ1n) is 14.7. The van der Waals surface area contributed by atoms with E-state index in [1.54, 1.807) is 11.8 Å². The average Bonchev–Trinajstić information content (AvgIpc) is 3.10. The number of pyridine rings is 1. The minimum Gasteiger partial charge on any atom is -0.457 e. The molecule has 2 nitrogen and oxygen atoms in total. The van der Waals surface area contributed by atoms with Crippen molar-refractivity contribution in [1.82, 2.24) is 0 Å². The summed E-state index contributed by atoms with van der Waals surface area (Å²) < 4.78 is 8.61. The van der Waals surface area contributed by atoms with Crippen molar-refractivity contribution in [3.63, 3.8) is 0 Å². The summed E-state index contributed by atoms with van der Waals surface area (Å²) in [7, 11) is 0. The zero-order valence-electron chi connectivity index (χ0n) is 24.1. The van der Waals surface area contributed by atoms with E-state index in [-0.39, 0.29) is 0 Å².